The molecule has 0 saturated carbocycles. The third kappa shape index (κ3) is 4.25. The number of aliphatic hydroxyl groups excluding tert-OH is 2. The smallest absolute Gasteiger partial charge is 0.417 e. The molecule has 13 nitrogen and oxygen atoms in total. The van der Waals surface area contributed by atoms with E-state index in [1.807, 2.05) is 0 Å². The van der Waals surface area contributed by atoms with Gasteiger partial charge in [0.15, 0.2) is 17.1 Å². The molecule has 0 aromatic heterocycles. The minimum atomic E-state index is -2.74. The Morgan fingerprint density at radius 2 is 1.69 bits per heavy atom. The molecular formula is C29H29N3O10. The third-order valence-corrected chi connectivity index (χ3v) is 8.10. The molecule has 3 aliphatic carbocycles. The Kier molecular flexibility index (Phi) is 6.95. The van der Waals surface area contributed by atoms with Crippen LogP contribution in [0.15, 0.2) is 59.1 Å². The Hall–Kier alpha value is -4.88. The van der Waals surface area contributed by atoms with Crippen LogP contribution in [0.5, 0.6) is 17.2 Å². The molecule has 220 valence electrons. The van der Waals surface area contributed by atoms with Crippen molar-refractivity contribution in [3.8, 4) is 17.2 Å². The summed E-state index contributed by atoms with van der Waals surface area (Å²) < 4.78 is 10.3. The number of nitrogens with two attached hydrogens (primary N) is 1. The van der Waals surface area contributed by atoms with Crippen molar-refractivity contribution in [1.82, 2.24) is 4.90 Å². The fraction of sp³-hybridized carbons (Fsp3) is 0.310. The number of methoxy groups -OCH3 is 1. The Balaban J connectivity index is 1.51. The van der Waals surface area contributed by atoms with Crippen molar-refractivity contribution in [2.45, 2.75) is 24.5 Å². The monoisotopic (exact) mass is 579 g/mol. The van der Waals surface area contributed by atoms with Gasteiger partial charge >= 0.3 is 6.09 Å². The van der Waals surface area contributed by atoms with Gasteiger partial charge in [-0.3, -0.25) is 24.6 Å². The van der Waals surface area contributed by atoms with E-state index >= 15 is 0 Å². The van der Waals surface area contributed by atoms with Gasteiger partial charge in [-0.2, -0.15) is 0 Å². The molecular weight excluding hydrogens is 550 g/mol. The first-order valence-electron chi connectivity index (χ1n) is 12.9. The molecule has 0 aliphatic heterocycles. The van der Waals surface area contributed by atoms with Crippen molar-refractivity contribution in [1.29, 1.82) is 0 Å². The van der Waals surface area contributed by atoms with Crippen LogP contribution in [0.1, 0.15) is 22.3 Å². The number of benzene rings is 2. The summed E-state index contributed by atoms with van der Waals surface area (Å²) in [4.78, 5) is 53.2. The number of carbonyl (C=O) groups excluding carboxylic acids is 4. The van der Waals surface area contributed by atoms with Gasteiger partial charge in [0.05, 0.1) is 24.4 Å². The Morgan fingerprint density at radius 1 is 1.05 bits per heavy atom. The predicted molar refractivity (Wildman–Crippen MR) is 146 cm³/mol. The Labute approximate surface area is 239 Å². The second kappa shape index (κ2) is 10.2. The number of nitrogens with zero attached hydrogens (tertiary/aromatic N) is 1. The number of anilines is 1. The Bertz CT molecular complexity index is 1590. The molecule has 7 N–H and O–H groups in total. The molecule has 2 aromatic rings. The van der Waals surface area contributed by atoms with Gasteiger partial charge in [-0.25, -0.2) is 4.79 Å². The number of rotatable bonds is 5. The lowest BCUT2D eigenvalue weighted by atomic mass is 9.58. The normalized spacial score (nSPS) is 25.0. The number of aromatic hydroxyl groups is 1. The summed E-state index contributed by atoms with van der Waals surface area (Å²) in [6.07, 6.45) is -0.860. The number of hydrogen-bond acceptors (Lipinski definition) is 11. The van der Waals surface area contributed by atoms with E-state index in [1.54, 1.807) is 26.2 Å². The number of aliphatic hydroxyl groups is 3. The van der Waals surface area contributed by atoms with Crippen LogP contribution in [0.2, 0.25) is 0 Å². The van der Waals surface area contributed by atoms with Crippen LogP contribution in [0.25, 0.3) is 0 Å². The number of ether oxygens (including phenoxy) is 2. The van der Waals surface area contributed by atoms with Crippen LogP contribution < -0.4 is 20.5 Å². The van der Waals surface area contributed by atoms with Gasteiger partial charge in [-0.15, -0.1) is 0 Å². The highest BCUT2D eigenvalue weighted by molar-refractivity contribution is 6.25. The SMILES string of the molecule is COc1ccc(OC(=O)Nc2ccc3c(c2O)C(=O)C2=C(O)[C@]4(O)C(=O)C(C(N)=O)=C(O)[C@@H](N(C)C)[C@@H]4C[C@@H]2C3)cc1. The number of nitrogens with one attached hydrogen (secondary N) is 1. The lowest BCUT2D eigenvalue weighted by Gasteiger charge is -2.50. The van der Waals surface area contributed by atoms with Crippen LogP contribution in [0.3, 0.4) is 0 Å². The number of fused-ring (bicyclic) bond motifs is 3. The van der Waals surface area contributed by atoms with E-state index in [0.29, 0.717) is 11.3 Å². The lowest BCUT2D eigenvalue weighted by molar-refractivity contribution is -0.148. The average Bonchev–Trinajstić information content (AvgIpc) is 2.92. The number of amides is 2. The van der Waals surface area contributed by atoms with Crippen molar-refractivity contribution in [2.24, 2.45) is 17.6 Å². The van der Waals surface area contributed by atoms with Gasteiger partial charge in [0, 0.05) is 11.5 Å². The molecule has 0 radical (unpaired) electrons. The predicted octanol–water partition coefficient (Wildman–Crippen LogP) is 1.74. The number of Topliss-reactive ketones (excluding diaryl/α,β-unsaturated/α-hetero) is 2. The van der Waals surface area contributed by atoms with Crippen LogP contribution in [-0.2, 0) is 16.0 Å². The first-order valence-corrected chi connectivity index (χ1v) is 12.9. The summed E-state index contributed by atoms with van der Waals surface area (Å²) in [7, 11) is 4.60. The standard InChI is InChI=1S/C29H29N3O10/c1-32(2)21-16-11-13-10-12-4-9-17(31-28(39)42-15-7-5-14(41-3)6-8-15)22(33)18(12)23(34)19(13)25(36)29(16,40)26(37)20(24(21)35)27(30)38/h4-9,13,16,21,33,35-36,40H,10-11H2,1-3H3,(H2,30,38)(H,31,39)/t13-,16-,21-,29-/m0/s1. The number of likely N-dealkylation sites (N-methyl/N-ethyl adjacent to an activating group) is 1. The highest BCUT2D eigenvalue weighted by Gasteiger charge is 2.63. The van der Waals surface area contributed by atoms with Gasteiger partial charge in [0.2, 0.25) is 5.78 Å². The maximum atomic E-state index is 13.8. The highest BCUT2D eigenvalue weighted by Crippen LogP contribution is 2.52. The lowest BCUT2D eigenvalue weighted by Crippen LogP contribution is -2.63. The van der Waals surface area contributed by atoms with Crippen LogP contribution >= 0.6 is 0 Å². The van der Waals surface area contributed by atoms with E-state index in [-0.39, 0.29) is 35.4 Å². The van der Waals surface area contributed by atoms with Crippen LogP contribution in [0.4, 0.5) is 10.5 Å². The highest BCUT2D eigenvalue weighted by atomic mass is 16.6. The molecule has 4 atom stereocenters. The molecule has 5 rings (SSSR count). The summed E-state index contributed by atoms with van der Waals surface area (Å²) in [5.74, 6) is -6.79. The van der Waals surface area contributed by atoms with E-state index in [4.69, 9.17) is 15.2 Å². The second-order valence-electron chi connectivity index (χ2n) is 10.6. The van der Waals surface area contributed by atoms with E-state index in [0.717, 1.165) is 0 Å². The fourth-order valence-corrected chi connectivity index (χ4v) is 6.21. The maximum Gasteiger partial charge on any atom is 0.417 e. The first-order chi connectivity index (χ1) is 19.8. The minimum Gasteiger partial charge on any atom is -0.510 e. The summed E-state index contributed by atoms with van der Waals surface area (Å²) in [5.41, 5.74) is 1.43. The molecule has 2 amide bonds. The average molecular weight is 580 g/mol. The zero-order chi connectivity index (χ0) is 30.7. The first kappa shape index (κ1) is 28.6. The number of primary amides is 1. The summed E-state index contributed by atoms with van der Waals surface area (Å²) >= 11 is 0. The molecule has 0 unspecified atom stereocenters. The van der Waals surface area contributed by atoms with E-state index in [9.17, 15) is 39.6 Å². The van der Waals surface area contributed by atoms with Gasteiger partial charge in [-0.05, 0) is 68.8 Å². The fourth-order valence-electron chi connectivity index (χ4n) is 6.21. The molecule has 0 bridgehead atoms. The topological polar surface area (TPSA) is 209 Å². The molecule has 2 aromatic carbocycles. The van der Waals surface area contributed by atoms with Crippen LogP contribution in [-0.4, -0.2) is 81.7 Å². The number of ketones is 2. The number of carbonyl (C=O) groups is 4. The van der Waals surface area contributed by atoms with Gasteiger partial charge < -0.3 is 35.6 Å². The number of phenolic OH excluding ortho intramolecular Hbond substituents is 1. The second-order valence-corrected chi connectivity index (χ2v) is 10.6. The number of allylic oxidation sites excluding steroid dienone is 1. The summed E-state index contributed by atoms with van der Waals surface area (Å²) in [5, 5.41) is 47.2. The van der Waals surface area contributed by atoms with Crippen molar-refractivity contribution in [3.05, 3.63) is 70.2 Å². The summed E-state index contributed by atoms with van der Waals surface area (Å²) in [6.45, 7) is 0. The van der Waals surface area contributed by atoms with Crippen LogP contribution in [0, 0.1) is 11.8 Å². The molecule has 0 heterocycles. The largest absolute Gasteiger partial charge is 0.510 e. The number of hydrogen-bond donors (Lipinski definition) is 6. The maximum absolute atomic E-state index is 13.8. The van der Waals surface area contributed by atoms with Crippen molar-refractivity contribution in [3.63, 3.8) is 0 Å². The molecule has 0 saturated heterocycles. The molecule has 0 spiro atoms. The molecule has 3 aliphatic rings. The molecule has 42 heavy (non-hydrogen) atoms. The Morgan fingerprint density at radius 3 is 2.29 bits per heavy atom. The van der Waals surface area contributed by atoms with Crippen molar-refractivity contribution < 1.29 is 49.1 Å². The third-order valence-electron chi connectivity index (χ3n) is 8.10. The zero-order valence-corrected chi connectivity index (χ0v) is 22.9. The summed E-state index contributed by atoms with van der Waals surface area (Å²) in [6, 6.07) is 8.00. The van der Waals surface area contributed by atoms with Crippen molar-refractivity contribution >= 4 is 29.3 Å². The van der Waals surface area contributed by atoms with E-state index < -0.39 is 69.9 Å². The minimum absolute atomic E-state index is 0.0271. The quantitative estimate of drug-likeness (QED) is 0.222. The van der Waals surface area contributed by atoms with E-state index in [2.05, 4.69) is 5.32 Å². The van der Waals surface area contributed by atoms with E-state index in [1.165, 1.54) is 36.3 Å². The molecule has 13 heteroatoms. The van der Waals surface area contributed by atoms with Crippen molar-refractivity contribution in [2.75, 3.05) is 26.5 Å². The van der Waals surface area contributed by atoms with Gasteiger partial charge in [0.1, 0.15) is 28.6 Å². The van der Waals surface area contributed by atoms with Gasteiger partial charge in [-0.1, -0.05) is 6.07 Å². The van der Waals surface area contributed by atoms with Gasteiger partial charge in [0.25, 0.3) is 5.91 Å². The number of phenols is 1. The zero-order valence-electron chi connectivity index (χ0n) is 22.9. The molecule has 0 fully saturated rings.